The SMILES string of the molecule is CO[C@@H]1C[C@H](C(=O)Nc2ccc(N3CCSC3=O)cc2F)N(C(=O)Nc2ccc(Cl)cc2)C1. The highest BCUT2D eigenvalue weighted by Gasteiger charge is 2.40. The molecule has 0 bridgehead atoms. The average Bonchev–Trinajstić information content (AvgIpc) is 3.43. The van der Waals surface area contributed by atoms with Crippen molar-refractivity contribution in [1.29, 1.82) is 0 Å². The second-order valence-electron chi connectivity index (χ2n) is 7.62. The van der Waals surface area contributed by atoms with Crippen LogP contribution in [0.4, 0.5) is 31.0 Å². The molecule has 33 heavy (non-hydrogen) atoms. The van der Waals surface area contributed by atoms with Gasteiger partial charge in [0.1, 0.15) is 11.9 Å². The number of likely N-dealkylation sites (tertiary alicyclic amines) is 1. The van der Waals surface area contributed by atoms with Gasteiger partial charge in [0.05, 0.1) is 11.8 Å². The predicted octanol–water partition coefficient (Wildman–Crippen LogP) is 4.41. The Morgan fingerprint density at radius 3 is 2.58 bits per heavy atom. The second kappa shape index (κ2) is 9.98. The normalized spacial score (nSPS) is 20.3. The van der Waals surface area contributed by atoms with E-state index in [-0.39, 0.29) is 30.0 Å². The molecule has 2 atom stereocenters. The van der Waals surface area contributed by atoms with E-state index in [0.29, 0.717) is 28.7 Å². The van der Waals surface area contributed by atoms with Gasteiger partial charge in [-0.3, -0.25) is 9.59 Å². The van der Waals surface area contributed by atoms with Crippen LogP contribution in [0.5, 0.6) is 0 Å². The van der Waals surface area contributed by atoms with Crippen molar-refractivity contribution in [1.82, 2.24) is 4.90 Å². The van der Waals surface area contributed by atoms with Crippen LogP contribution in [0.2, 0.25) is 5.02 Å². The average molecular weight is 493 g/mol. The lowest BCUT2D eigenvalue weighted by Crippen LogP contribution is -2.45. The third kappa shape index (κ3) is 5.23. The Morgan fingerprint density at radius 1 is 1.18 bits per heavy atom. The van der Waals surface area contributed by atoms with Gasteiger partial charge in [0.2, 0.25) is 5.91 Å². The smallest absolute Gasteiger partial charge is 0.322 e. The Labute approximate surface area is 199 Å². The summed E-state index contributed by atoms with van der Waals surface area (Å²) in [6.45, 7) is 0.719. The minimum Gasteiger partial charge on any atom is -0.380 e. The maximum absolute atomic E-state index is 14.7. The maximum atomic E-state index is 14.7. The van der Waals surface area contributed by atoms with Crippen LogP contribution < -0.4 is 15.5 Å². The molecule has 4 rings (SSSR count). The number of ether oxygens (including phenoxy) is 1. The molecule has 0 aromatic heterocycles. The summed E-state index contributed by atoms with van der Waals surface area (Å²) in [7, 11) is 1.51. The molecule has 2 fully saturated rings. The van der Waals surface area contributed by atoms with E-state index in [9.17, 15) is 18.8 Å². The summed E-state index contributed by atoms with van der Waals surface area (Å²) < 4.78 is 20.1. The fraction of sp³-hybridized carbons (Fsp3) is 0.318. The number of amides is 4. The van der Waals surface area contributed by atoms with Crippen molar-refractivity contribution in [2.75, 3.05) is 41.5 Å². The van der Waals surface area contributed by atoms with E-state index in [4.69, 9.17) is 16.3 Å². The third-order valence-electron chi connectivity index (χ3n) is 5.54. The molecule has 2 heterocycles. The number of carbonyl (C=O) groups excluding carboxylic acids is 3. The highest BCUT2D eigenvalue weighted by Crippen LogP contribution is 2.29. The molecule has 2 aromatic rings. The molecular formula is C22H22ClFN4O4S. The summed E-state index contributed by atoms with van der Waals surface area (Å²) in [5.74, 6) is -0.542. The molecule has 0 aliphatic carbocycles. The molecule has 0 radical (unpaired) electrons. The Hall–Kier alpha value is -2.82. The number of methoxy groups -OCH3 is 1. The number of hydrogen-bond acceptors (Lipinski definition) is 5. The monoisotopic (exact) mass is 492 g/mol. The van der Waals surface area contributed by atoms with Gasteiger partial charge >= 0.3 is 6.03 Å². The lowest BCUT2D eigenvalue weighted by Gasteiger charge is -2.24. The topological polar surface area (TPSA) is 91.0 Å². The zero-order valence-electron chi connectivity index (χ0n) is 17.7. The second-order valence-corrected chi connectivity index (χ2v) is 9.10. The fourth-order valence-electron chi connectivity index (χ4n) is 3.79. The van der Waals surface area contributed by atoms with Crippen molar-refractivity contribution in [3.05, 3.63) is 53.3 Å². The lowest BCUT2D eigenvalue weighted by molar-refractivity contribution is -0.119. The molecule has 2 aliphatic heterocycles. The minimum absolute atomic E-state index is 0.0259. The summed E-state index contributed by atoms with van der Waals surface area (Å²) in [6.07, 6.45) is -0.0575. The number of hydrogen-bond donors (Lipinski definition) is 2. The molecule has 0 unspecified atom stereocenters. The molecule has 2 aliphatic rings. The number of rotatable bonds is 5. The number of benzene rings is 2. The first-order chi connectivity index (χ1) is 15.9. The third-order valence-corrected chi connectivity index (χ3v) is 6.64. The Kier molecular flexibility index (Phi) is 7.06. The molecular weight excluding hydrogens is 471 g/mol. The van der Waals surface area contributed by atoms with Crippen LogP contribution in [0.25, 0.3) is 0 Å². The van der Waals surface area contributed by atoms with Crippen molar-refractivity contribution < 1.29 is 23.5 Å². The van der Waals surface area contributed by atoms with Gasteiger partial charge < -0.3 is 25.2 Å². The first-order valence-electron chi connectivity index (χ1n) is 10.3. The van der Waals surface area contributed by atoms with Crippen molar-refractivity contribution in [3.63, 3.8) is 0 Å². The van der Waals surface area contributed by atoms with E-state index in [1.165, 1.54) is 40.8 Å². The lowest BCUT2D eigenvalue weighted by atomic mass is 10.1. The molecule has 2 N–H and O–H groups in total. The minimum atomic E-state index is -0.849. The Balaban J connectivity index is 1.46. The summed E-state index contributed by atoms with van der Waals surface area (Å²) >= 11 is 7.06. The van der Waals surface area contributed by atoms with E-state index in [1.54, 1.807) is 30.3 Å². The standard InChI is InChI=1S/C22H22ClFN4O4S/c1-32-16-11-19(28(12-16)21(30)25-14-4-2-13(23)3-5-14)20(29)26-18-7-6-15(10-17(18)24)27-8-9-33-22(27)31/h2-7,10,16,19H,8-9,11-12H2,1H3,(H,25,30)(H,26,29)/t16-,19-/m1/s1. The first kappa shape index (κ1) is 23.3. The first-order valence-corrected chi connectivity index (χ1v) is 11.6. The number of nitrogens with zero attached hydrogens (tertiary/aromatic N) is 2. The zero-order valence-corrected chi connectivity index (χ0v) is 19.3. The van der Waals surface area contributed by atoms with E-state index in [0.717, 1.165) is 0 Å². The van der Waals surface area contributed by atoms with Crippen LogP contribution in [0.15, 0.2) is 42.5 Å². The van der Waals surface area contributed by atoms with Gasteiger partial charge in [-0.2, -0.15) is 0 Å². The molecule has 2 saturated heterocycles. The highest BCUT2D eigenvalue weighted by molar-refractivity contribution is 8.14. The highest BCUT2D eigenvalue weighted by atomic mass is 35.5. The largest absolute Gasteiger partial charge is 0.380 e. The molecule has 2 aromatic carbocycles. The van der Waals surface area contributed by atoms with Gasteiger partial charge in [-0.25, -0.2) is 9.18 Å². The molecule has 11 heteroatoms. The van der Waals surface area contributed by atoms with Gasteiger partial charge in [-0.15, -0.1) is 0 Å². The van der Waals surface area contributed by atoms with Crippen LogP contribution in [0, 0.1) is 5.82 Å². The summed E-state index contributed by atoms with van der Waals surface area (Å²) in [6, 6.07) is 9.49. The number of halogens is 2. The van der Waals surface area contributed by atoms with E-state index >= 15 is 0 Å². The van der Waals surface area contributed by atoms with Gasteiger partial charge in [0, 0.05) is 48.8 Å². The van der Waals surface area contributed by atoms with E-state index in [1.807, 2.05) is 0 Å². The number of urea groups is 1. The quantitative estimate of drug-likeness (QED) is 0.645. The molecule has 4 amide bonds. The van der Waals surface area contributed by atoms with Crippen molar-refractivity contribution in [3.8, 4) is 0 Å². The molecule has 8 nitrogen and oxygen atoms in total. The number of thioether (sulfide) groups is 1. The number of anilines is 3. The van der Waals surface area contributed by atoms with Gasteiger partial charge in [0.15, 0.2) is 0 Å². The van der Waals surface area contributed by atoms with Crippen molar-refractivity contribution in [2.24, 2.45) is 0 Å². The van der Waals surface area contributed by atoms with Gasteiger partial charge in [-0.1, -0.05) is 23.4 Å². The Bertz CT molecular complexity index is 1070. The number of nitrogens with one attached hydrogen (secondary N) is 2. The van der Waals surface area contributed by atoms with Crippen LogP contribution >= 0.6 is 23.4 Å². The number of carbonyl (C=O) groups is 3. The van der Waals surface area contributed by atoms with Crippen LogP contribution in [0.3, 0.4) is 0 Å². The zero-order chi connectivity index (χ0) is 23.5. The van der Waals surface area contributed by atoms with E-state index in [2.05, 4.69) is 10.6 Å². The van der Waals surface area contributed by atoms with Crippen LogP contribution in [-0.2, 0) is 9.53 Å². The summed E-state index contributed by atoms with van der Waals surface area (Å²) in [4.78, 5) is 40.6. The summed E-state index contributed by atoms with van der Waals surface area (Å²) in [5.41, 5.74) is 0.937. The summed E-state index contributed by atoms with van der Waals surface area (Å²) in [5, 5.41) is 5.70. The van der Waals surface area contributed by atoms with Crippen molar-refractivity contribution >= 4 is 57.6 Å². The van der Waals surface area contributed by atoms with E-state index < -0.39 is 23.8 Å². The Morgan fingerprint density at radius 2 is 1.94 bits per heavy atom. The fourth-order valence-corrected chi connectivity index (χ4v) is 4.71. The van der Waals surface area contributed by atoms with Crippen molar-refractivity contribution in [2.45, 2.75) is 18.6 Å². The molecule has 0 spiro atoms. The predicted molar refractivity (Wildman–Crippen MR) is 127 cm³/mol. The van der Waals surface area contributed by atoms with Gasteiger partial charge in [0.25, 0.3) is 5.24 Å². The molecule has 0 saturated carbocycles. The molecule has 174 valence electrons. The maximum Gasteiger partial charge on any atom is 0.322 e. The van der Waals surface area contributed by atoms with Crippen LogP contribution in [-0.4, -0.2) is 60.2 Å². The van der Waals surface area contributed by atoms with Gasteiger partial charge in [-0.05, 0) is 42.5 Å². The van der Waals surface area contributed by atoms with Crippen LogP contribution in [0.1, 0.15) is 6.42 Å².